The molecule has 1 saturated heterocycles. The van der Waals surface area contributed by atoms with E-state index in [2.05, 4.69) is 4.90 Å². The number of ether oxygens (including phenoxy) is 1. The zero-order valence-corrected chi connectivity index (χ0v) is 10.9. The van der Waals surface area contributed by atoms with E-state index >= 15 is 0 Å². The molecule has 19 heavy (non-hydrogen) atoms. The van der Waals surface area contributed by atoms with Gasteiger partial charge in [0, 0.05) is 18.8 Å². The normalized spacial score (nSPS) is 14.5. The average molecular weight is 253 g/mol. The predicted molar refractivity (Wildman–Crippen MR) is 72.7 cm³/mol. The predicted octanol–water partition coefficient (Wildman–Crippen LogP) is 2.64. The van der Waals surface area contributed by atoms with Crippen molar-refractivity contribution in [1.29, 1.82) is 10.5 Å². The number of piperidine rings is 1. The van der Waals surface area contributed by atoms with Crippen LogP contribution in [0.25, 0.3) is 0 Å². The van der Waals surface area contributed by atoms with Crippen molar-refractivity contribution in [2.45, 2.75) is 12.8 Å². The Morgan fingerprint density at radius 2 is 1.68 bits per heavy atom. The fourth-order valence-electron chi connectivity index (χ4n) is 2.26. The standard InChI is InChI=1S/C15H15N3O/c1-19-15-4-2-14(3-5-15)18-8-6-12(7-9-18)13(10-16)11-17/h2-5H,6-9H2,1H3. The third-order valence-electron chi connectivity index (χ3n) is 3.38. The summed E-state index contributed by atoms with van der Waals surface area (Å²) < 4.78 is 5.14. The maximum absolute atomic E-state index is 8.86. The minimum Gasteiger partial charge on any atom is -0.497 e. The highest BCUT2D eigenvalue weighted by Crippen LogP contribution is 2.26. The topological polar surface area (TPSA) is 60.0 Å². The van der Waals surface area contributed by atoms with Crippen molar-refractivity contribution in [3.63, 3.8) is 0 Å². The molecule has 0 saturated carbocycles. The number of anilines is 1. The Morgan fingerprint density at radius 1 is 1.11 bits per heavy atom. The summed E-state index contributed by atoms with van der Waals surface area (Å²) in [6.45, 7) is 1.68. The summed E-state index contributed by atoms with van der Waals surface area (Å²) in [7, 11) is 1.65. The molecule has 0 radical (unpaired) electrons. The molecule has 4 heteroatoms. The third kappa shape index (κ3) is 2.86. The molecule has 0 N–H and O–H groups in total. The average Bonchev–Trinajstić information content (AvgIpc) is 2.49. The van der Waals surface area contributed by atoms with Gasteiger partial charge in [-0.3, -0.25) is 0 Å². The summed E-state index contributed by atoms with van der Waals surface area (Å²) in [5.41, 5.74) is 2.42. The van der Waals surface area contributed by atoms with Gasteiger partial charge in [0.15, 0.2) is 0 Å². The molecule has 2 rings (SSSR count). The molecule has 0 spiro atoms. The van der Waals surface area contributed by atoms with Gasteiger partial charge in [0.1, 0.15) is 23.5 Å². The Hall–Kier alpha value is -2.46. The van der Waals surface area contributed by atoms with Crippen LogP contribution in [0.4, 0.5) is 5.69 Å². The molecule has 1 aliphatic rings. The zero-order chi connectivity index (χ0) is 13.7. The van der Waals surface area contributed by atoms with E-state index in [9.17, 15) is 0 Å². The first-order chi connectivity index (χ1) is 9.28. The number of allylic oxidation sites excluding steroid dienone is 1. The van der Waals surface area contributed by atoms with E-state index in [1.165, 1.54) is 0 Å². The van der Waals surface area contributed by atoms with Gasteiger partial charge in [-0.2, -0.15) is 10.5 Å². The first-order valence-electron chi connectivity index (χ1n) is 6.19. The molecule has 1 fully saturated rings. The molecule has 1 aromatic rings. The smallest absolute Gasteiger partial charge is 0.129 e. The molecule has 1 heterocycles. The van der Waals surface area contributed by atoms with Crippen LogP contribution in [0, 0.1) is 22.7 Å². The number of benzene rings is 1. The van der Waals surface area contributed by atoms with Crippen LogP contribution in [0.5, 0.6) is 5.75 Å². The van der Waals surface area contributed by atoms with Gasteiger partial charge in [0.05, 0.1) is 7.11 Å². The minimum absolute atomic E-state index is 0.286. The van der Waals surface area contributed by atoms with Gasteiger partial charge >= 0.3 is 0 Å². The van der Waals surface area contributed by atoms with Crippen molar-refractivity contribution in [2.24, 2.45) is 0 Å². The highest BCUT2D eigenvalue weighted by molar-refractivity contribution is 5.51. The Balaban J connectivity index is 2.06. The molecule has 1 aliphatic heterocycles. The van der Waals surface area contributed by atoms with Crippen molar-refractivity contribution < 1.29 is 4.74 Å². The van der Waals surface area contributed by atoms with Crippen LogP contribution in [-0.4, -0.2) is 20.2 Å². The second kappa shape index (κ2) is 5.93. The molecule has 0 unspecified atom stereocenters. The minimum atomic E-state index is 0.286. The van der Waals surface area contributed by atoms with Gasteiger partial charge in [-0.1, -0.05) is 0 Å². The zero-order valence-electron chi connectivity index (χ0n) is 10.9. The van der Waals surface area contributed by atoms with Crippen LogP contribution in [0.3, 0.4) is 0 Å². The summed E-state index contributed by atoms with van der Waals surface area (Å²) in [4.78, 5) is 2.26. The lowest BCUT2D eigenvalue weighted by Gasteiger charge is -2.30. The first-order valence-corrected chi connectivity index (χ1v) is 6.19. The number of methoxy groups -OCH3 is 1. The highest BCUT2D eigenvalue weighted by Gasteiger charge is 2.17. The number of nitriles is 2. The third-order valence-corrected chi connectivity index (χ3v) is 3.38. The summed E-state index contributed by atoms with van der Waals surface area (Å²) in [6.07, 6.45) is 1.56. The fourth-order valence-corrected chi connectivity index (χ4v) is 2.26. The lowest BCUT2D eigenvalue weighted by Crippen LogP contribution is -2.30. The van der Waals surface area contributed by atoms with E-state index in [0.29, 0.717) is 0 Å². The second-order valence-electron chi connectivity index (χ2n) is 4.39. The van der Waals surface area contributed by atoms with Gasteiger partial charge in [-0.05, 0) is 42.7 Å². The van der Waals surface area contributed by atoms with Crippen LogP contribution in [0.1, 0.15) is 12.8 Å². The molecule has 0 atom stereocenters. The van der Waals surface area contributed by atoms with Gasteiger partial charge in [0.2, 0.25) is 0 Å². The quantitative estimate of drug-likeness (QED) is 0.760. The van der Waals surface area contributed by atoms with E-state index < -0.39 is 0 Å². The summed E-state index contributed by atoms with van der Waals surface area (Å²) in [5, 5.41) is 17.7. The number of rotatable bonds is 2. The summed E-state index contributed by atoms with van der Waals surface area (Å²) >= 11 is 0. The van der Waals surface area contributed by atoms with Crippen LogP contribution in [0.15, 0.2) is 35.4 Å². The van der Waals surface area contributed by atoms with E-state index in [0.717, 1.165) is 42.9 Å². The van der Waals surface area contributed by atoms with Crippen molar-refractivity contribution in [1.82, 2.24) is 0 Å². The molecular formula is C15H15N3O. The van der Waals surface area contributed by atoms with Gasteiger partial charge in [0.25, 0.3) is 0 Å². The molecular weight excluding hydrogens is 238 g/mol. The van der Waals surface area contributed by atoms with Gasteiger partial charge in [-0.15, -0.1) is 0 Å². The maximum atomic E-state index is 8.86. The van der Waals surface area contributed by atoms with Crippen LogP contribution in [0.2, 0.25) is 0 Å². The first kappa shape index (κ1) is 13.0. The number of hydrogen-bond donors (Lipinski definition) is 0. The van der Waals surface area contributed by atoms with Crippen molar-refractivity contribution in [3.05, 3.63) is 35.4 Å². The summed E-state index contributed by atoms with van der Waals surface area (Å²) in [6, 6.07) is 11.9. The van der Waals surface area contributed by atoms with Crippen molar-refractivity contribution >= 4 is 5.69 Å². The van der Waals surface area contributed by atoms with E-state index in [4.69, 9.17) is 15.3 Å². The monoisotopic (exact) mass is 253 g/mol. The van der Waals surface area contributed by atoms with Gasteiger partial charge < -0.3 is 9.64 Å². The Bertz CT molecular complexity index is 535. The fraction of sp³-hybridized carbons (Fsp3) is 0.333. The van der Waals surface area contributed by atoms with Crippen LogP contribution in [-0.2, 0) is 0 Å². The molecule has 1 aromatic carbocycles. The Labute approximate surface area is 113 Å². The number of hydrogen-bond acceptors (Lipinski definition) is 4. The molecule has 96 valence electrons. The number of nitrogens with zero attached hydrogens (tertiary/aromatic N) is 3. The molecule has 0 aromatic heterocycles. The van der Waals surface area contributed by atoms with Crippen molar-refractivity contribution in [3.8, 4) is 17.9 Å². The van der Waals surface area contributed by atoms with E-state index in [1.807, 2.05) is 36.4 Å². The Kier molecular flexibility index (Phi) is 4.05. The highest BCUT2D eigenvalue weighted by atomic mass is 16.5. The molecule has 4 nitrogen and oxygen atoms in total. The van der Waals surface area contributed by atoms with Crippen molar-refractivity contribution in [2.75, 3.05) is 25.1 Å². The largest absolute Gasteiger partial charge is 0.497 e. The Morgan fingerprint density at radius 3 is 2.16 bits per heavy atom. The van der Waals surface area contributed by atoms with Crippen LogP contribution < -0.4 is 9.64 Å². The molecule has 0 amide bonds. The second-order valence-corrected chi connectivity index (χ2v) is 4.39. The molecule has 0 bridgehead atoms. The SMILES string of the molecule is COc1ccc(N2CCC(=C(C#N)C#N)CC2)cc1. The lowest BCUT2D eigenvalue weighted by atomic mass is 9.98. The van der Waals surface area contributed by atoms with E-state index in [1.54, 1.807) is 7.11 Å². The van der Waals surface area contributed by atoms with Gasteiger partial charge in [-0.25, -0.2) is 0 Å². The van der Waals surface area contributed by atoms with Crippen LogP contribution >= 0.6 is 0 Å². The van der Waals surface area contributed by atoms with E-state index in [-0.39, 0.29) is 5.57 Å². The maximum Gasteiger partial charge on any atom is 0.129 e. The lowest BCUT2D eigenvalue weighted by molar-refractivity contribution is 0.415. The molecule has 0 aliphatic carbocycles. The summed E-state index contributed by atoms with van der Waals surface area (Å²) in [5.74, 6) is 0.845.